The van der Waals surface area contributed by atoms with E-state index in [-0.39, 0.29) is 0 Å². The Morgan fingerprint density at radius 1 is 1.43 bits per heavy atom. The molecular weight excluding hydrogens is 208 g/mol. The van der Waals surface area contributed by atoms with Crippen molar-refractivity contribution in [3.05, 3.63) is 0 Å². The Morgan fingerprint density at radius 2 is 1.86 bits per heavy atom. The lowest BCUT2D eigenvalue weighted by Gasteiger charge is -2.39. The number of rotatable bonds is 2. The summed E-state index contributed by atoms with van der Waals surface area (Å²) >= 11 is 0. The number of hydrogen-bond acceptors (Lipinski definition) is 2. The standard InChI is InChI=1S/C7H6F4O3/c8-4(7(9,10)11)6(5(13)14)1-3(12)2-6/h4H,1-2H2,(H,13,14). The molecule has 0 saturated heterocycles. The van der Waals surface area contributed by atoms with Gasteiger partial charge in [-0.3, -0.25) is 9.59 Å². The molecule has 3 nitrogen and oxygen atoms in total. The lowest BCUT2D eigenvalue weighted by molar-refractivity contribution is -0.228. The van der Waals surface area contributed by atoms with Crippen LogP contribution >= 0.6 is 0 Å². The summed E-state index contributed by atoms with van der Waals surface area (Å²) in [5, 5.41) is 8.44. The second-order valence-electron chi connectivity index (χ2n) is 3.26. The van der Waals surface area contributed by atoms with Gasteiger partial charge in [0.05, 0.1) is 0 Å². The molecule has 1 unspecified atom stereocenters. The SMILES string of the molecule is O=C1CC(C(=O)O)(C(F)C(F)(F)F)C1. The van der Waals surface area contributed by atoms with Gasteiger partial charge in [0.2, 0.25) is 6.17 Å². The Balaban J connectivity index is 2.91. The Hall–Kier alpha value is -1.14. The smallest absolute Gasteiger partial charge is 0.420 e. The molecule has 0 aromatic rings. The first-order valence-electron chi connectivity index (χ1n) is 3.66. The van der Waals surface area contributed by atoms with Crippen LogP contribution in [0.3, 0.4) is 0 Å². The van der Waals surface area contributed by atoms with Crippen molar-refractivity contribution in [1.82, 2.24) is 0 Å². The van der Waals surface area contributed by atoms with Crippen molar-refractivity contribution >= 4 is 11.8 Å². The highest BCUT2D eigenvalue weighted by molar-refractivity contribution is 5.97. The highest BCUT2D eigenvalue weighted by Gasteiger charge is 2.64. The molecule has 14 heavy (non-hydrogen) atoms. The zero-order valence-electron chi connectivity index (χ0n) is 6.77. The summed E-state index contributed by atoms with van der Waals surface area (Å²) in [5.74, 6) is -2.58. The molecule has 0 aromatic heterocycles. The van der Waals surface area contributed by atoms with Gasteiger partial charge < -0.3 is 5.11 Å². The fourth-order valence-electron chi connectivity index (χ4n) is 1.40. The molecule has 0 amide bonds. The largest absolute Gasteiger partial charge is 0.481 e. The monoisotopic (exact) mass is 214 g/mol. The van der Waals surface area contributed by atoms with E-state index >= 15 is 0 Å². The third kappa shape index (κ3) is 1.46. The van der Waals surface area contributed by atoms with Crippen molar-refractivity contribution in [1.29, 1.82) is 0 Å². The van der Waals surface area contributed by atoms with E-state index in [9.17, 15) is 27.2 Å². The predicted molar refractivity (Wildman–Crippen MR) is 35.3 cm³/mol. The van der Waals surface area contributed by atoms with Gasteiger partial charge in [-0.2, -0.15) is 13.2 Å². The van der Waals surface area contributed by atoms with Crippen LogP contribution in [0.2, 0.25) is 0 Å². The molecule has 1 fully saturated rings. The Labute approximate surface area is 75.7 Å². The van der Waals surface area contributed by atoms with Crippen LogP contribution in [-0.4, -0.2) is 29.2 Å². The molecule has 0 spiro atoms. The lowest BCUT2D eigenvalue weighted by atomic mass is 9.64. The third-order valence-corrected chi connectivity index (χ3v) is 2.22. The van der Waals surface area contributed by atoms with Gasteiger partial charge >= 0.3 is 12.1 Å². The maximum atomic E-state index is 12.8. The number of carboxylic acids is 1. The second kappa shape index (κ2) is 2.93. The molecule has 1 aliphatic carbocycles. The van der Waals surface area contributed by atoms with Gasteiger partial charge in [-0.15, -0.1) is 0 Å². The Kier molecular flexibility index (Phi) is 2.29. The van der Waals surface area contributed by atoms with Gasteiger partial charge in [0.15, 0.2) is 0 Å². The molecular formula is C7H6F4O3. The van der Waals surface area contributed by atoms with E-state index < -0.39 is 42.4 Å². The molecule has 0 radical (unpaired) electrons. The normalized spacial score (nSPS) is 22.7. The molecule has 1 rings (SSSR count). The minimum atomic E-state index is -5.24. The quantitative estimate of drug-likeness (QED) is 0.705. The summed E-state index contributed by atoms with van der Waals surface area (Å²) < 4.78 is 48.5. The van der Waals surface area contributed by atoms with Crippen molar-refractivity contribution in [3.63, 3.8) is 0 Å². The molecule has 80 valence electrons. The van der Waals surface area contributed by atoms with Crippen LogP contribution in [0, 0.1) is 5.41 Å². The zero-order chi connectivity index (χ0) is 11.1. The Morgan fingerprint density at radius 3 is 2.07 bits per heavy atom. The molecule has 1 aliphatic rings. The molecule has 0 heterocycles. The molecule has 1 N–H and O–H groups in total. The van der Waals surface area contributed by atoms with Crippen LogP contribution in [0.15, 0.2) is 0 Å². The minimum absolute atomic E-state index is 0.667. The number of carbonyl (C=O) groups excluding carboxylic acids is 1. The van der Waals surface area contributed by atoms with Gasteiger partial charge in [-0.05, 0) is 0 Å². The maximum absolute atomic E-state index is 12.8. The summed E-state index contributed by atoms with van der Waals surface area (Å²) in [6, 6.07) is 0. The first-order chi connectivity index (χ1) is 6.20. The first kappa shape index (κ1) is 10.9. The number of aliphatic carboxylic acids is 1. The minimum Gasteiger partial charge on any atom is -0.481 e. The molecule has 7 heteroatoms. The zero-order valence-corrected chi connectivity index (χ0v) is 6.77. The van der Waals surface area contributed by atoms with Crippen LogP contribution in [0.5, 0.6) is 0 Å². The summed E-state index contributed by atoms with van der Waals surface area (Å²) in [6.07, 6.45) is -10.5. The Bertz CT molecular complexity index is 275. The van der Waals surface area contributed by atoms with E-state index in [0.29, 0.717) is 0 Å². The summed E-state index contributed by atoms with van der Waals surface area (Å²) in [6.45, 7) is 0. The average Bonchev–Trinajstić information content (AvgIpc) is 1.94. The number of Topliss-reactive ketones (excluding diaryl/α,β-unsaturated/α-hetero) is 1. The number of halogens is 4. The van der Waals surface area contributed by atoms with E-state index in [1.165, 1.54) is 0 Å². The number of alkyl halides is 4. The van der Waals surface area contributed by atoms with Crippen molar-refractivity contribution < 1.29 is 32.3 Å². The fraction of sp³-hybridized carbons (Fsp3) is 0.714. The van der Waals surface area contributed by atoms with E-state index in [1.807, 2.05) is 0 Å². The predicted octanol–water partition coefficient (Wildman–Crippen LogP) is 1.32. The lowest BCUT2D eigenvalue weighted by Crippen LogP contribution is -2.55. The maximum Gasteiger partial charge on any atom is 0.420 e. The van der Waals surface area contributed by atoms with Crippen molar-refractivity contribution in [2.75, 3.05) is 0 Å². The van der Waals surface area contributed by atoms with Crippen LogP contribution < -0.4 is 0 Å². The highest BCUT2D eigenvalue weighted by Crippen LogP contribution is 2.48. The van der Waals surface area contributed by atoms with Crippen molar-refractivity contribution in [2.45, 2.75) is 25.2 Å². The van der Waals surface area contributed by atoms with Gasteiger partial charge in [-0.25, -0.2) is 4.39 Å². The summed E-state index contributed by atoms with van der Waals surface area (Å²) in [4.78, 5) is 20.9. The first-order valence-corrected chi connectivity index (χ1v) is 3.66. The molecule has 0 bridgehead atoms. The van der Waals surface area contributed by atoms with Crippen LogP contribution in [0.25, 0.3) is 0 Å². The summed E-state index contributed by atoms with van der Waals surface area (Å²) in [7, 11) is 0. The number of hydrogen-bond donors (Lipinski definition) is 1. The van der Waals surface area contributed by atoms with E-state index in [1.54, 1.807) is 0 Å². The fourth-order valence-corrected chi connectivity index (χ4v) is 1.40. The molecule has 0 aliphatic heterocycles. The van der Waals surface area contributed by atoms with Gasteiger partial charge in [-0.1, -0.05) is 0 Å². The third-order valence-electron chi connectivity index (χ3n) is 2.22. The van der Waals surface area contributed by atoms with Gasteiger partial charge in [0, 0.05) is 12.8 Å². The topological polar surface area (TPSA) is 54.4 Å². The van der Waals surface area contributed by atoms with E-state index in [2.05, 4.69) is 0 Å². The van der Waals surface area contributed by atoms with Gasteiger partial charge in [0.25, 0.3) is 0 Å². The molecule has 1 saturated carbocycles. The molecule has 0 aromatic carbocycles. The van der Waals surface area contributed by atoms with Crippen LogP contribution in [-0.2, 0) is 9.59 Å². The molecule has 1 atom stereocenters. The van der Waals surface area contributed by atoms with E-state index in [0.717, 1.165) is 0 Å². The van der Waals surface area contributed by atoms with Crippen LogP contribution in [0.1, 0.15) is 12.8 Å². The number of carbonyl (C=O) groups is 2. The van der Waals surface area contributed by atoms with Gasteiger partial charge in [0.1, 0.15) is 11.2 Å². The second-order valence-corrected chi connectivity index (χ2v) is 3.26. The number of ketones is 1. The van der Waals surface area contributed by atoms with Crippen molar-refractivity contribution in [2.24, 2.45) is 5.41 Å². The average molecular weight is 214 g/mol. The number of carboxylic acid groups (broad SMARTS) is 1. The highest BCUT2D eigenvalue weighted by atomic mass is 19.4. The summed E-state index contributed by atoms with van der Waals surface area (Å²) in [5.41, 5.74) is -2.59. The van der Waals surface area contributed by atoms with Crippen LogP contribution in [0.4, 0.5) is 17.6 Å². The van der Waals surface area contributed by atoms with Crippen molar-refractivity contribution in [3.8, 4) is 0 Å². The van der Waals surface area contributed by atoms with E-state index in [4.69, 9.17) is 5.11 Å².